The fourth-order valence-corrected chi connectivity index (χ4v) is 5.63. The fourth-order valence-electron chi connectivity index (χ4n) is 3.82. The standard InChI is InChI=1S/C25H27N2O2P/c1-24(2)25(3,4)30(29-24)28-20-16-14-18(15-17-20)23-26-21-12-8-9-13-22(21)27(23)19-10-6-5-7-11-19/h5-17,23,26H,1-4H3. The zero-order valence-corrected chi connectivity index (χ0v) is 18.7. The molecule has 0 aliphatic carbocycles. The molecule has 0 bridgehead atoms. The van der Waals surface area contributed by atoms with Crippen molar-refractivity contribution in [2.24, 2.45) is 0 Å². The molecule has 0 aromatic heterocycles. The van der Waals surface area contributed by atoms with Gasteiger partial charge in [0.15, 0.2) is 0 Å². The van der Waals surface area contributed by atoms with Gasteiger partial charge < -0.3 is 19.3 Å². The van der Waals surface area contributed by atoms with Crippen LogP contribution in [0, 0.1) is 0 Å². The minimum atomic E-state index is -0.934. The smallest absolute Gasteiger partial charge is 0.239 e. The minimum Gasteiger partial charge on any atom is -0.447 e. The van der Waals surface area contributed by atoms with Gasteiger partial charge in [-0.2, -0.15) is 0 Å². The lowest BCUT2D eigenvalue weighted by molar-refractivity contribution is 0.00609. The molecule has 5 rings (SSSR count). The number of fused-ring (bicyclic) bond motifs is 1. The molecule has 0 spiro atoms. The third-order valence-corrected chi connectivity index (χ3v) is 8.82. The SMILES string of the molecule is CC1(C)OP(Oc2ccc(C3Nc4ccccc4N3c3ccccc3)cc2)C1(C)C. The van der Waals surface area contributed by atoms with Crippen LogP contribution in [-0.2, 0) is 4.52 Å². The molecule has 30 heavy (non-hydrogen) atoms. The zero-order chi connectivity index (χ0) is 20.9. The molecule has 0 radical (unpaired) electrons. The Morgan fingerprint density at radius 1 is 0.867 bits per heavy atom. The quantitative estimate of drug-likeness (QED) is 0.453. The normalized spacial score (nSPS) is 23.3. The predicted octanol–water partition coefficient (Wildman–Crippen LogP) is 7.23. The van der Waals surface area contributed by atoms with Gasteiger partial charge in [-0.25, -0.2) is 0 Å². The second-order valence-corrected chi connectivity index (χ2v) is 10.8. The molecular formula is C25H27N2O2P. The summed E-state index contributed by atoms with van der Waals surface area (Å²) in [5.41, 5.74) is 4.53. The molecule has 0 saturated carbocycles. The molecule has 3 aromatic rings. The fraction of sp³-hybridized carbons (Fsp3) is 0.280. The van der Waals surface area contributed by atoms with Crippen LogP contribution in [0.2, 0.25) is 0 Å². The van der Waals surface area contributed by atoms with E-state index in [0.29, 0.717) is 0 Å². The molecule has 2 unspecified atom stereocenters. The number of anilines is 3. The van der Waals surface area contributed by atoms with Crippen molar-refractivity contribution in [2.45, 2.75) is 44.6 Å². The Morgan fingerprint density at radius 2 is 1.53 bits per heavy atom. The van der Waals surface area contributed by atoms with Gasteiger partial charge in [0, 0.05) is 5.69 Å². The maximum absolute atomic E-state index is 6.20. The van der Waals surface area contributed by atoms with Crippen molar-refractivity contribution in [1.82, 2.24) is 0 Å². The maximum Gasteiger partial charge on any atom is 0.239 e. The highest BCUT2D eigenvalue weighted by Gasteiger charge is 2.59. The first-order valence-corrected chi connectivity index (χ1v) is 11.5. The Kier molecular flexibility index (Phi) is 4.53. The van der Waals surface area contributed by atoms with Crippen molar-refractivity contribution in [2.75, 3.05) is 10.2 Å². The number of rotatable bonds is 4. The van der Waals surface area contributed by atoms with Crippen molar-refractivity contribution >= 4 is 25.4 Å². The minimum absolute atomic E-state index is 0.0275. The van der Waals surface area contributed by atoms with E-state index in [2.05, 4.69) is 111 Å². The Bertz CT molecular complexity index is 1050. The van der Waals surface area contributed by atoms with Crippen molar-refractivity contribution in [3.05, 3.63) is 84.4 Å². The van der Waals surface area contributed by atoms with Crippen LogP contribution in [0.3, 0.4) is 0 Å². The van der Waals surface area contributed by atoms with Gasteiger partial charge in [0.2, 0.25) is 8.38 Å². The summed E-state index contributed by atoms with van der Waals surface area (Å²) in [4.78, 5) is 2.34. The van der Waals surface area contributed by atoms with Crippen LogP contribution in [0.15, 0.2) is 78.9 Å². The molecule has 2 heterocycles. The Labute approximate surface area is 179 Å². The summed E-state index contributed by atoms with van der Waals surface area (Å²) < 4.78 is 12.2. The molecule has 1 saturated heterocycles. The van der Waals surface area contributed by atoms with Crippen LogP contribution in [0.25, 0.3) is 0 Å². The van der Waals surface area contributed by atoms with Crippen LogP contribution in [0.5, 0.6) is 5.75 Å². The first kappa shape index (κ1) is 19.4. The van der Waals surface area contributed by atoms with Gasteiger partial charge in [-0.15, -0.1) is 0 Å². The van der Waals surface area contributed by atoms with Crippen molar-refractivity contribution in [1.29, 1.82) is 0 Å². The Morgan fingerprint density at radius 3 is 2.20 bits per heavy atom. The summed E-state index contributed by atoms with van der Waals surface area (Å²) in [5, 5.41) is 3.70. The van der Waals surface area contributed by atoms with Crippen LogP contribution in [0.4, 0.5) is 17.1 Å². The van der Waals surface area contributed by atoms with Gasteiger partial charge in [0.1, 0.15) is 11.9 Å². The van der Waals surface area contributed by atoms with Gasteiger partial charge in [-0.3, -0.25) is 0 Å². The van der Waals surface area contributed by atoms with Crippen LogP contribution >= 0.6 is 8.38 Å². The number of hydrogen-bond donors (Lipinski definition) is 1. The van der Waals surface area contributed by atoms with Crippen molar-refractivity contribution < 1.29 is 9.05 Å². The summed E-state index contributed by atoms with van der Waals surface area (Å²) in [6, 6.07) is 27.3. The summed E-state index contributed by atoms with van der Waals surface area (Å²) in [7, 11) is -0.934. The zero-order valence-electron chi connectivity index (χ0n) is 17.8. The molecule has 2 aliphatic heterocycles. The average molecular weight is 418 g/mol. The van der Waals surface area contributed by atoms with E-state index in [9.17, 15) is 0 Å². The highest BCUT2D eigenvalue weighted by molar-refractivity contribution is 7.51. The number of nitrogens with zero attached hydrogens (tertiary/aromatic N) is 1. The predicted molar refractivity (Wildman–Crippen MR) is 125 cm³/mol. The molecule has 2 atom stereocenters. The van der Waals surface area contributed by atoms with Crippen LogP contribution in [-0.4, -0.2) is 10.8 Å². The monoisotopic (exact) mass is 418 g/mol. The van der Waals surface area contributed by atoms with Crippen molar-refractivity contribution in [3.8, 4) is 5.75 Å². The molecule has 1 N–H and O–H groups in total. The lowest BCUT2D eigenvalue weighted by Gasteiger charge is -2.55. The first-order chi connectivity index (χ1) is 14.4. The lowest BCUT2D eigenvalue weighted by atomic mass is 9.93. The third-order valence-electron chi connectivity index (χ3n) is 6.37. The van der Waals surface area contributed by atoms with Gasteiger partial charge in [-0.05, 0) is 69.7 Å². The molecule has 2 aliphatic rings. The number of para-hydroxylation sites is 3. The van der Waals surface area contributed by atoms with E-state index >= 15 is 0 Å². The Balaban J connectivity index is 1.40. The summed E-state index contributed by atoms with van der Waals surface area (Å²) >= 11 is 0. The van der Waals surface area contributed by atoms with Gasteiger partial charge in [-0.1, -0.05) is 42.5 Å². The molecular weight excluding hydrogens is 391 g/mol. The van der Waals surface area contributed by atoms with Gasteiger partial charge in [0.25, 0.3) is 0 Å². The average Bonchev–Trinajstić information content (AvgIpc) is 3.14. The molecule has 154 valence electrons. The molecule has 1 fully saturated rings. The van der Waals surface area contributed by atoms with E-state index < -0.39 is 8.38 Å². The number of hydrogen-bond acceptors (Lipinski definition) is 4. The van der Waals surface area contributed by atoms with E-state index in [1.807, 2.05) is 6.07 Å². The van der Waals surface area contributed by atoms with Gasteiger partial charge in [0.05, 0.1) is 22.1 Å². The summed E-state index contributed by atoms with van der Waals surface area (Å²) in [5.74, 6) is 0.857. The molecule has 4 nitrogen and oxygen atoms in total. The molecule has 3 aromatic carbocycles. The van der Waals surface area contributed by atoms with Gasteiger partial charge >= 0.3 is 0 Å². The summed E-state index contributed by atoms with van der Waals surface area (Å²) in [6.07, 6.45) is 0.0277. The van der Waals surface area contributed by atoms with Crippen molar-refractivity contribution in [3.63, 3.8) is 0 Å². The van der Waals surface area contributed by atoms with E-state index in [1.165, 1.54) is 11.3 Å². The third kappa shape index (κ3) is 3.07. The molecule has 0 amide bonds. The van der Waals surface area contributed by atoms with E-state index in [4.69, 9.17) is 9.05 Å². The van der Waals surface area contributed by atoms with E-state index in [-0.39, 0.29) is 16.9 Å². The second kappa shape index (κ2) is 7.01. The Hall–Kier alpha value is -2.55. The lowest BCUT2D eigenvalue weighted by Crippen LogP contribution is -2.55. The first-order valence-electron chi connectivity index (χ1n) is 10.3. The highest BCUT2D eigenvalue weighted by Crippen LogP contribution is 2.68. The van der Waals surface area contributed by atoms with Crippen LogP contribution in [0.1, 0.15) is 39.4 Å². The van der Waals surface area contributed by atoms with Crippen LogP contribution < -0.4 is 14.7 Å². The largest absolute Gasteiger partial charge is 0.447 e. The summed E-state index contributed by atoms with van der Waals surface area (Å²) in [6.45, 7) is 8.68. The topological polar surface area (TPSA) is 33.7 Å². The number of benzene rings is 3. The van der Waals surface area contributed by atoms with E-state index in [0.717, 1.165) is 17.1 Å². The number of nitrogens with one attached hydrogen (secondary N) is 1. The molecule has 5 heteroatoms. The maximum atomic E-state index is 6.20. The van der Waals surface area contributed by atoms with E-state index in [1.54, 1.807) is 0 Å². The second-order valence-electron chi connectivity index (χ2n) is 8.85. The highest BCUT2D eigenvalue weighted by atomic mass is 31.2.